The second kappa shape index (κ2) is 7.01. The van der Waals surface area contributed by atoms with Crippen LogP contribution in [0.1, 0.15) is 0 Å². The summed E-state index contributed by atoms with van der Waals surface area (Å²) >= 11 is 0. The fourth-order valence-corrected chi connectivity index (χ4v) is 0. The van der Waals surface area contributed by atoms with E-state index in [2.05, 4.69) is 0 Å². The van der Waals surface area contributed by atoms with E-state index in [0.717, 1.165) is 0 Å². The molecule has 2 N–H and O–H groups in total. The predicted octanol–water partition coefficient (Wildman–Crippen LogP) is -2.60. The fourth-order valence-electron chi connectivity index (χ4n) is 0. The van der Waals surface area contributed by atoms with Gasteiger partial charge in [-0.05, 0) is 0 Å². The number of hydrogen-bond acceptors (Lipinski definition) is 5. The molecule has 0 aliphatic carbocycles. The zero-order valence-electron chi connectivity index (χ0n) is 4.24. The third kappa shape index (κ3) is 37200. The average Bonchev–Trinajstić information content (AvgIpc) is 1.19. The molecule has 10 heavy (non-hydrogen) atoms. The van der Waals surface area contributed by atoms with E-state index in [-0.39, 0.29) is 17.1 Å². The molecule has 9 heteroatoms. The van der Waals surface area contributed by atoms with Gasteiger partial charge in [-0.3, -0.25) is 0 Å². The Morgan fingerprint density at radius 2 is 1.20 bits per heavy atom. The van der Waals surface area contributed by atoms with Gasteiger partial charge in [0.05, 0.1) is 0 Å². The first-order valence-electron chi connectivity index (χ1n) is 1.38. The van der Waals surface area contributed by atoms with Gasteiger partial charge in [-0.25, -0.2) is 4.79 Å². The summed E-state index contributed by atoms with van der Waals surface area (Å²) in [7, 11) is -5.39. The van der Waals surface area contributed by atoms with Crippen molar-refractivity contribution in [3.05, 3.63) is 0 Å². The topological polar surface area (TPSA) is 144 Å². The number of hydrogen-bond donors (Lipinski definition) is 2. The minimum absolute atomic E-state index is 0. The van der Waals surface area contributed by atoms with Gasteiger partial charge in [0.25, 0.3) is 0 Å². The molecule has 0 aliphatic heterocycles. The molecule has 0 saturated carbocycles. The van der Waals surface area contributed by atoms with Crippen LogP contribution in [0.5, 0.6) is 0 Å². The molecule has 0 aromatic carbocycles. The normalized spacial score (nSPS) is 8.30. The van der Waals surface area contributed by atoms with E-state index in [4.69, 9.17) is 34.3 Å². The van der Waals surface area contributed by atoms with Gasteiger partial charge in [-0.1, -0.05) is 0 Å². The summed E-state index contributed by atoms with van der Waals surface area (Å²) in [5, 5.41) is 13.9. The van der Waals surface area contributed by atoms with E-state index >= 15 is 0 Å². The molecule has 0 spiro atoms. The molecule has 1 radical (unpaired) electrons. The molecule has 61 valence electrons. The molecular formula is CH2FeO7P. The number of carbonyl (C=O) groups is 1. The molecule has 0 fully saturated rings. The molecule has 0 aromatic rings. The van der Waals surface area contributed by atoms with Crippen molar-refractivity contribution in [3.63, 3.8) is 0 Å². The van der Waals surface area contributed by atoms with Crippen LogP contribution in [-0.4, -0.2) is 16.4 Å². The molecule has 0 bridgehead atoms. The van der Waals surface area contributed by atoms with Gasteiger partial charge in [-0.15, -0.1) is 0 Å². The molecule has 0 aliphatic rings. The first-order chi connectivity index (χ1) is 3.73. The third-order valence-corrected chi connectivity index (χ3v) is 0. The second-order valence-electron chi connectivity index (χ2n) is 0.730. The van der Waals surface area contributed by atoms with Gasteiger partial charge in [-0.2, -0.15) is 7.82 Å². The van der Waals surface area contributed by atoms with Crippen molar-refractivity contribution in [3.8, 4) is 0 Å². The van der Waals surface area contributed by atoms with Gasteiger partial charge in [0, 0.05) is 0 Å². The number of carboxylic acid groups (broad SMARTS) is 2. The predicted molar refractivity (Wildman–Crippen MR) is 18.3 cm³/mol. The Morgan fingerprint density at radius 3 is 1.20 bits per heavy atom. The molecule has 0 amide bonds. The Balaban J connectivity index is -0.0000000910. The van der Waals surface area contributed by atoms with Crippen molar-refractivity contribution >= 4 is 14.0 Å². The minimum Gasteiger partial charge on any atom is -0.822 e. The number of phosphoric acid groups is 1. The summed E-state index contributed by atoms with van der Waals surface area (Å²) in [5.41, 5.74) is 0. The van der Waals surface area contributed by atoms with Crippen LogP contribution in [0.2, 0.25) is 0 Å². The van der Waals surface area contributed by atoms with Gasteiger partial charge in [0.15, 0.2) is 0 Å². The average molecular weight is 213 g/mol. The number of rotatable bonds is 0. The Bertz CT molecular complexity index is 113. The summed E-state index contributed by atoms with van der Waals surface area (Å²) < 4.78 is 8.55. The van der Waals surface area contributed by atoms with Crippen LogP contribution >= 0.6 is 7.82 Å². The van der Waals surface area contributed by atoms with E-state index in [1.54, 1.807) is 0 Å². The summed E-state index contributed by atoms with van der Waals surface area (Å²) in [4.78, 5) is 34.2. The van der Waals surface area contributed by atoms with E-state index in [9.17, 15) is 0 Å². The minimum atomic E-state index is -5.39. The third-order valence-electron chi connectivity index (χ3n) is 0. The molecular weight excluding hydrogens is 211 g/mol. The maximum atomic E-state index is 8.56. The van der Waals surface area contributed by atoms with E-state index in [0.29, 0.717) is 0 Å². The maximum Gasteiger partial charge on any atom is 3.00 e. The van der Waals surface area contributed by atoms with Gasteiger partial charge >= 0.3 is 23.2 Å². The second-order valence-corrected chi connectivity index (χ2v) is 1.62. The zero-order chi connectivity index (χ0) is 8.08. The summed E-state index contributed by atoms with van der Waals surface area (Å²) in [6.45, 7) is 0. The molecule has 0 rings (SSSR count). The Morgan fingerprint density at radius 1 is 1.20 bits per heavy atom. The quantitative estimate of drug-likeness (QED) is 0.331. The largest absolute Gasteiger partial charge is 3.00 e. The monoisotopic (exact) mass is 213 g/mol. The Labute approximate surface area is 66.0 Å². The van der Waals surface area contributed by atoms with Crippen LogP contribution in [0.4, 0.5) is 4.79 Å². The smallest absolute Gasteiger partial charge is 0.822 e. The Hall–Kier alpha value is -0.101. The van der Waals surface area contributed by atoms with Crippen molar-refractivity contribution < 1.29 is 51.3 Å². The van der Waals surface area contributed by atoms with Gasteiger partial charge in [0.1, 0.15) is 0 Å². The van der Waals surface area contributed by atoms with Crippen molar-refractivity contribution in [1.29, 1.82) is 0 Å². The summed E-state index contributed by atoms with van der Waals surface area (Å²) in [5.74, 6) is 0. The first kappa shape index (κ1) is 16.5. The van der Waals surface area contributed by atoms with Crippen molar-refractivity contribution in [1.82, 2.24) is 0 Å². The van der Waals surface area contributed by atoms with Crippen molar-refractivity contribution in [2.24, 2.45) is 0 Å². The van der Waals surface area contributed by atoms with E-state index in [1.807, 2.05) is 0 Å². The standard InChI is InChI=1S/CH2O3.Fe.H3O4P/c2-1(3)4;;1-5(2,3)4/h(H2,2,3,4);;(H3,1,2,3,4)/q;+3;/p-3. The van der Waals surface area contributed by atoms with Crippen molar-refractivity contribution in [2.45, 2.75) is 0 Å². The molecule has 0 atom stereocenters. The molecule has 0 heterocycles. The van der Waals surface area contributed by atoms with Crippen LogP contribution in [0, 0.1) is 0 Å². The van der Waals surface area contributed by atoms with Crippen LogP contribution < -0.4 is 14.7 Å². The molecule has 7 nitrogen and oxygen atoms in total. The van der Waals surface area contributed by atoms with E-state index in [1.165, 1.54) is 0 Å². The van der Waals surface area contributed by atoms with Crippen LogP contribution in [0.15, 0.2) is 0 Å². The summed E-state index contributed by atoms with van der Waals surface area (Å²) in [6, 6.07) is 0. The first-order valence-corrected chi connectivity index (χ1v) is 2.84. The summed E-state index contributed by atoms with van der Waals surface area (Å²) in [6.07, 6.45) is -1.83. The fraction of sp³-hybridized carbons (Fsp3) is 0. The molecule has 0 aromatic heterocycles. The van der Waals surface area contributed by atoms with E-state index < -0.39 is 14.0 Å². The van der Waals surface area contributed by atoms with Crippen LogP contribution in [0.3, 0.4) is 0 Å². The Kier molecular flexibility index (Phi) is 11.5. The molecule has 0 saturated heterocycles. The van der Waals surface area contributed by atoms with Crippen LogP contribution in [-0.2, 0) is 21.6 Å². The zero-order valence-corrected chi connectivity index (χ0v) is 6.24. The SMILES string of the molecule is O=C(O)O.O=P([O-])([O-])[O-].[Fe+3]. The van der Waals surface area contributed by atoms with Crippen LogP contribution in [0.25, 0.3) is 0 Å². The van der Waals surface area contributed by atoms with Crippen molar-refractivity contribution in [2.75, 3.05) is 0 Å². The van der Waals surface area contributed by atoms with Gasteiger partial charge in [0.2, 0.25) is 0 Å². The maximum absolute atomic E-state index is 8.56. The molecule has 0 unspecified atom stereocenters. The van der Waals surface area contributed by atoms with Gasteiger partial charge < -0.3 is 29.5 Å².